The van der Waals surface area contributed by atoms with E-state index in [2.05, 4.69) is 10.6 Å². The molecule has 1 aliphatic heterocycles. The number of aromatic nitrogens is 1. The van der Waals surface area contributed by atoms with Gasteiger partial charge in [-0.2, -0.15) is 4.57 Å². The van der Waals surface area contributed by atoms with Gasteiger partial charge < -0.3 is 21.9 Å². The molecule has 4 rings (SSSR count). The van der Waals surface area contributed by atoms with Crippen LogP contribution in [0.4, 0.5) is 0 Å². The van der Waals surface area contributed by atoms with Crippen molar-refractivity contribution in [1.82, 2.24) is 0 Å². The SMILES string of the molecule is COc1ccccc1C(=O)/C=C/c1ccc(OC2CSc3cccc[n+]32)cc1.[Cl-]. The maximum absolute atomic E-state index is 12.4. The number of thioether (sulfide) groups is 1. The van der Waals surface area contributed by atoms with Crippen molar-refractivity contribution in [3.05, 3.63) is 90.1 Å². The number of rotatable bonds is 6. The highest BCUT2D eigenvalue weighted by Crippen LogP contribution is 2.28. The number of ketones is 1. The van der Waals surface area contributed by atoms with E-state index in [9.17, 15) is 4.79 Å². The first-order valence-corrected chi connectivity index (χ1v) is 9.98. The molecule has 0 spiro atoms. The van der Waals surface area contributed by atoms with Crippen LogP contribution in [0.15, 0.2) is 84.0 Å². The lowest BCUT2D eigenvalue weighted by Crippen LogP contribution is -3.00. The molecule has 0 fully saturated rings. The number of hydrogen-bond acceptors (Lipinski definition) is 4. The number of methoxy groups -OCH3 is 1. The van der Waals surface area contributed by atoms with E-state index >= 15 is 0 Å². The third-order valence-corrected chi connectivity index (χ3v) is 5.58. The molecule has 148 valence electrons. The van der Waals surface area contributed by atoms with Gasteiger partial charge in [0.1, 0.15) is 17.3 Å². The summed E-state index contributed by atoms with van der Waals surface area (Å²) in [4.78, 5) is 12.4. The molecule has 4 nitrogen and oxygen atoms in total. The summed E-state index contributed by atoms with van der Waals surface area (Å²) in [5, 5.41) is 1.21. The summed E-state index contributed by atoms with van der Waals surface area (Å²) in [6.07, 6.45) is 5.40. The molecule has 3 aromatic rings. The minimum Gasteiger partial charge on any atom is -1.00 e. The molecule has 1 unspecified atom stereocenters. The number of carbonyl (C=O) groups excluding carboxylic acids is 1. The molecule has 2 heterocycles. The Labute approximate surface area is 180 Å². The number of hydrogen-bond donors (Lipinski definition) is 0. The van der Waals surface area contributed by atoms with Gasteiger partial charge in [-0.05, 0) is 53.7 Å². The van der Waals surface area contributed by atoms with Crippen molar-refractivity contribution in [1.29, 1.82) is 0 Å². The average Bonchev–Trinajstić information content (AvgIpc) is 3.16. The number of carbonyl (C=O) groups is 1. The molecule has 29 heavy (non-hydrogen) atoms. The van der Waals surface area contributed by atoms with Crippen molar-refractivity contribution in [3.8, 4) is 11.5 Å². The molecule has 6 heteroatoms. The van der Waals surface area contributed by atoms with E-state index in [0.29, 0.717) is 11.3 Å². The van der Waals surface area contributed by atoms with Crippen LogP contribution in [0, 0.1) is 0 Å². The normalized spacial score (nSPS) is 14.9. The van der Waals surface area contributed by atoms with Crippen LogP contribution in [0.5, 0.6) is 11.5 Å². The lowest BCUT2D eigenvalue weighted by Gasteiger charge is -2.09. The van der Waals surface area contributed by atoms with E-state index in [1.165, 1.54) is 5.03 Å². The van der Waals surface area contributed by atoms with Crippen LogP contribution in [-0.2, 0) is 0 Å². The number of halogens is 1. The van der Waals surface area contributed by atoms with E-state index in [4.69, 9.17) is 9.47 Å². The second-order valence-electron chi connectivity index (χ2n) is 6.30. The zero-order valence-electron chi connectivity index (χ0n) is 15.8. The molecule has 1 aromatic heterocycles. The van der Waals surface area contributed by atoms with Gasteiger partial charge in [-0.25, -0.2) is 0 Å². The van der Waals surface area contributed by atoms with Crippen LogP contribution in [0.25, 0.3) is 6.08 Å². The van der Waals surface area contributed by atoms with Crippen LogP contribution in [-0.4, -0.2) is 18.6 Å². The summed E-state index contributed by atoms with van der Waals surface area (Å²) in [5.41, 5.74) is 1.49. The maximum Gasteiger partial charge on any atom is 0.312 e. The predicted octanol–water partition coefficient (Wildman–Crippen LogP) is 1.57. The Morgan fingerprint density at radius 1 is 1.07 bits per heavy atom. The Balaban J connectivity index is 0.00000240. The molecule has 1 atom stereocenters. The Morgan fingerprint density at radius 2 is 1.83 bits per heavy atom. The predicted molar refractivity (Wildman–Crippen MR) is 110 cm³/mol. The van der Waals surface area contributed by atoms with Gasteiger partial charge in [0, 0.05) is 12.1 Å². The van der Waals surface area contributed by atoms with Gasteiger partial charge in [-0.3, -0.25) is 4.79 Å². The lowest BCUT2D eigenvalue weighted by atomic mass is 10.1. The summed E-state index contributed by atoms with van der Waals surface area (Å²) >= 11 is 1.79. The number of pyridine rings is 1. The van der Waals surface area contributed by atoms with E-state index < -0.39 is 0 Å². The summed E-state index contributed by atoms with van der Waals surface area (Å²) in [6, 6.07) is 21.1. The van der Waals surface area contributed by atoms with Crippen LogP contribution in [0.3, 0.4) is 0 Å². The van der Waals surface area contributed by atoms with E-state index in [1.807, 2.05) is 54.7 Å². The topological polar surface area (TPSA) is 39.4 Å². The summed E-state index contributed by atoms with van der Waals surface area (Å²) in [7, 11) is 1.56. The fraction of sp³-hybridized carbons (Fsp3) is 0.130. The molecule has 0 amide bonds. The largest absolute Gasteiger partial charge is 1.00 e. The molecular weight excluding hydrogens is 406 g/mol. The Bertz CT molecular complexity index is 1020. The molecule has 0 saturated heterocycles. The summed E-state index contributed by atoms with van der Waals surface area (Å²) in [6.45, 7) is 0. The smallest absolute Gasteiger partial charge is 0.312 e. The zero-order chi connectivity index (χ0) is 19.3. The van der Waals surface area contributed by atoms with Gasteiger partial charge in [0.15, 0.2) is 12.0 Å². The second-order valence-corrected chi connectivity index (χ2v) is 7.34. The molecule has 0 saturated carbocycles. The number of ether oxygens (including phenoxy) is 2. The molecule has 0 radical (unpaired) electrons. The van der Waals surface area contributed by atoms with Gasteiger partial charge in [0.05, 0.1) is 12.7 Å². The van der Waals surface area contributed by atoms with Crippen LogP contribution in [0.2, 0.25) is 0 Å². The van der Waals surface area contributed by atoms with Gasteiger partial charge >= 0.3 is 6.23 Å². The minimum atomic E-state index is -0.0891. The standard InChI is InChI=1S/C23H20NO3S.ClH/c1-26-21-7-3-2-6-19(21)20(25)14-11-17-9-12-18(13-10-17)27-22-16-28-23-8-4-5-15-24(22)23;/h2-15,22H,16H2,1H3;1H/q+1;/p-1/b14-11+;. The highest BCUT2D eigenvalue weighted by Gasteiger charge is 2.32. The highest BCUT2D eigenvalue weighted by molar-refractivity contribution is 7.99. The number of benzene rings is 2. The molecule has 0 aliphatic carbocycles. The Kier molecular flexibility index (Phi) is 6.96. The van der Waals surface area contributed by atoms with Crippen LogP contribution in [0.1, 0.15) is 22.1 Å². The first-order chi connectivity index (χ1) is 13.7. The van der Waals surface area contributed by atoms with Crippen molar-refractivity contribution in [2.45, 2.75) is 11.3 Å². The number of allylic oxidation sites excluding steroid dienone is 1. The van der Waals surface area contributed by atoms with Gasteiger partial charge in [0.2, 0.25) is 5.03 Å². The number of nitrogens with zero attached hydrogens (tertiary/aromatic N) is 1. The van der Waals surface area contributed by atoms with Gasteiger partial charge in [-0.1, -0.05) is 30.3 Å². The van der Waals surface area contributed by atoms with E-state index in [0.717, 1.165) is 17.1 Å². The summed E-state index contributed by atoms with van der Waals surface area (Å²) < 4.78 is 13.5. The molecule has 1 aliphatic rings. The highest BCUT2D eigenvalue weighted by atomic mass is 35.5. The van der Waals surface area contributed by atoms with Gasteiger partial charge in [-0.15, -0.1) is 0 Å². The third-order valence-electron chi connectivity index (χ3n) is 4.49. The Morgan fingerprint density at radius 3 is 2.62 bits per heavy atom. The molecule has 0 N–H and O–H groups in total. The fourth-order valence-electron chi connectivity index (χ4n) is 3.05. The van der Waals surface area contributed by atoms with E-state index in [-0.39, 0.29) is 24.4 Å². The second kappa shape index (κ2) is 9.63. The number of fused-ring (bicyclic) bond motifs is 1. The summed E-state index contributed by atoms with van der Waals surface area (Å²) in [5.74, 6) is 2.18. The maximum atomic E-state index is 12.4. The first-order valence-electron chi connectivity index (χ1n) is 9.00. The van der Waals surface area contributed by atoms with Crippen LogP contribution >= 0.6 is 11.8 Å². The molecule has 0 bridgehead atoms. The van der Waals surface area contributed by atoms with Crippen molar-refractivity contribution in [2.75, 3.05) is 12.9 Å². The third kappa shape index (κ3) is 4.81. The van der Waals surface area contributed by atoms with Crippen LogP contribution < -0.4 is 26.4 Å². The lowest BCUT2D eigenvalue weighted by molar-refractivity contribution is -0.775. The Hall–Kier alpha value is -2.76. The van der Waals surface area contributed by atoms with Crippen molar-refractivity contribution >= 4 is 23.6 Å². The van der Waals surface area contributed by atoms with Crippen molar-refractivity contribution in [3.63, 3.8) is 0 Å². The number of para-hydroxylation sites is 1. The monoisotopic (exact) mass is 425 g/mol. The van der Waals surface area contributed by atoms with Crippen molar-refractivity contribution < 1.29 is 31.2 Å². The van der Waals surface area contributed by atoms with Gasteiger partial charge in [0.25, 0.3) is 0 Å². The average molecular weight is 426 g/mol. The molecular formula is C23H20ClNO3S. The first kappa shape index (κ1) is 21.0. The van der Waals surface area contributed by atoms with E-state index in [1.54, 1.807) is 43.2 Å². The minimum absolute atomic E-state index is 0. The quantitative estimate of drug-likeness (QED) is 0.341. The van der Waals surface area contributed by atoms with Crippen molar-refractivity contribution in [2.24, 2.45) is 0 Å². The molecule has 2 aromatic carbocycles. The fourth-order valence-corrected chi connectivity index (χ4v) is 4.10. The zero-order valence-corrected chi connectivity index (χ0v) is 17.4.